The van der Waals surface area contributed by atoms with Gasteiger partial charge in [-0.1, -0.05) is 38.1 Å². The number of nitrogens with zero attached hydrogens (tertiary/aromatic N) is 3. The second kappa shape index (κ2) is 13.3. The van der Waals surface area contributed by atoms with Crippen LogP contribution in [0.15, 0.2) is 47.3 Å². The molecule has 5 aliphatic rings. The lowest BCUT2D eigenvalue weighted by atomic mass is 9.44. The summed E-state index contributed by atoms with van der Waals surface area (Å²) < 4.78 is 15.0. The van der Waals surface area contributed by atoms with Gasteiger partial charge < -0.3 is 4.90 Å². The van der Waals surface area contributed by atoms with Crippen LogP contribution < -0.4 is 5.56 Å². The van der Waals surface area contributed by atoms with Gasteiger partial charge in [0, 0.05) is 50.8 Å². The van der Waals surface area contributed by atoms with Gasteiger partial charge in [0.1, 0.15) is 11.6 Å². The monoisotopic (exact) mass is 680 g/mol. The zero-order valence-corrected chi connectivity index (χ0v) is 29.9. The van der Waals surface area contributed by atoms with E-state index in [0.29, 0.717) is 53.1 Å². The number of ketones is 1. The Morgan fingerprint density at radius 1 is 0.920 bits per heavy atom. The van der Waals surface area contributed by atoms with Gasteiger partial charge in [-0.25, -0.2) is 9.49 Å². The number of piperazine rings is 1. The van der Waals surface area contributed by atoms with Gasteiger partial charge in [0.2, 0.25) is 0 Å². The fourth-order valence-electron chi connectivity index (χ4n) is 11.9. The highest BCUT2D eigenvalue weighted by molar-refractivity contribution is 5.95. The molecule has 1 aliphatic heterocycles. The quantitative estimate of drug-likeness (QED) is 0.281. The van der Waals surface area contributed by atoms with Crippen molar-refractivity contribution < 1.29 is 14.0 Å². The highest BCUT2D eigenvalue weighted by Gasteiger charge is 2.59. The molecule has 0 radical (unpaired) electrons. The van der Waals surface area contributed by atoms with E-state index in [0.717, 1.165) is 73.5 Å². The van der Waals surface area contributed by atoms with E-state index in [1.165, 1.54) is 57.4 Å². The van der Waals surface area contributed by atoms with Crippen molar-refractivity contribution in [3.63, 3.8) is 0 Å². The second-order valence-electron chi connectivity index (χ2n) is 17.0. The van der Waals surface area contributed by atoms with Gasteiger partial charge in [0.25, 0.3) is 11.5 Å². The molecule has 1 amide bonds. The Labute approximate surface area is 295 Å². The molecule has 0 unspecified atom stereocenters. The molecule has 0 bridgehead atoms. The molecule has 7 atom stereocenters. The number of hydrogen-bond acceptors (Lipinski definition) is 5. The summed E-state index contributed by atoms with van der Waals surface area (Å²) in [5.74, 6) is 3.68. The molecule has 0 spiro atoms. The Bertz CT molecular complexity index is 1830. The fraction of sp³-hybridized carbons (Fsp3) is 0.619. The van der Waals surface area contributed by atoms with Gasteiger partial charge >= 0.3 is 0 Å². The average molecular weight is 681 g/mol. The number of amides is 1. The van der Waals surface area contributed by atoms with Crippen LogP contribution in [0.2, 0.25) is 0 Å². The summed E-state index contributed by atoms with van der Waals surface area (Å²) in [6.45, 7) is 9.07. The van der Waals surface area contributed by atoms with E-state index in [-0.39, 0.29) is 17.0 Å². The number of Topliss-reactive ketones (excluding diaryl/α,β-unsaturated/α-hetero) is 1. The van der Waals surface area contributed by atoms with E-state index in [1.807, 2.05) is 18.2 Å². The molecule has 8 heteroatoms. The van der Waals surface area contributed by atoms with Crippen LogP contribution >= 0.6 is 0 Å². The van der Waals surface area contributed by atoms with Crippen LogP contribution in [0.3, 0.4) is 0 Å². The summed E-state index contributed by atoms with van der Waals surface area (Å²) >= 11 is 0. The molecule has 1 aromatic heterocycles. The van der Waals surface area contributed by atoms with E-state index in [1.54, 1.807) is 23.1 Å². The number of carbonyl (C=O) groups excluding carboxylic acids is 2. The Hall–Kier alpha value is -3.39. The van der Waals surface area contributed by atoms with Gasteiger partial charge in [-0.15, -0.1) is 0 Å². The standard InChI is InChI=1S/C42H53FN4O3/c1-41-18-16-36-33(12-10-29-26-30(48)15-17-42(29,36)2)35(41)13-11-28(41)6-5-19-46-20-22-47(23-21-46)40(50)34-24-27(9-14-37(34)43)25-38-31-7-3-4-8-32(31)39(49)45-44-38/h3-4,7-9,14,24,28-29,33,35-36H,5-6,10-13,15-23,25-26H2,1-2H3,(H,45,49)/t28-,29+,33+,35+,36+,41-,42+/m1/s1. The number of aromatic nitrogens is 2. The van der Waals surface area contributed by atoms with Crippen LogP contribution in [0.5, 0.6) is 0 Å². The normalized spacial score (nSPS) is 32.8. The zero-order valence-electron chi connectivity index (χ0n) is 29.9. The lowest BCUT2D eigenvalue weighted by molar-refractivity contribution is -0.139. The third-order valence-electron chi connectivity index (χ3n) is 14.8. The minimum atomic E-state index is -0.506. The minimum Gasteiger partial charge on any atom is -0.336 e. The van der Waals surface area contributed by atoms with Crippen molar-refractivity contribution in [3.8, 4) is 0 Å². The molecule has 2 heterocycles. The van der Waals surface area contributed by atoms with Crippen molar-refractivity contribution in [2.75, 3.05) is 32.7 Å². The molecule has 2 aromatic carbocycles. The number of aromatic amines is 1. The third kappa shape index (κ3) is 5.93. The molecule has 1 N–H and O–H groups in total. The van der Waals surface area contributed by atoms with Crippen molar-refractivity contribution in [2.45, 2.75) is 90.9 Å². The number of H-pyrrole nitrogens is 1. The predicted octanol–water partition coefficient (Wildman–Crippen LogP) is 7.42. The fourth-order valence-corrected chi connectivity index (χ4v) is 11.9. The van der Waals surface area contributed by atoms with E-state index in [2.05, 4.69) is 28.9 Å². The summed E-state index contributed by atoms with van der Waals surface area (Å²) in [5.41, 5.74) is 2.16. The maximum atomic E-state index is 15.0. The van der Waals surface area contributed by atoms with Crippen LogP contribution in [0, 0.1) is 46.2 Å². The van der Waals surface area contributed by atoms with Crippen molar-refractivity contribution in [1.29, 1.82) is 0 Å². The number of rotatable bonds is 7. The average Bonchev–Trinajstić information content (AvgIpc) is 3.46. The molecule has 8 rings (SSSR count). The first kappa shape index (κ1) is 33.7. The molecule has 5 fully saturated rings. The maximum Gasteiger partial charge on any atom is 0.272 e. The highest BCUT2D eigenvalue weighted by atomic mass is 19.1. The zero-order chi connectivity index (χ0) is 34.6. The van der Waals surface area contributed by atoms with E-state index in [9.17, 15) is 14.4 Å². The molecular weight excluding hydrogens is 627 g/mol. The Kier molecular flexibility index (Phi) is 8.97. The van der Waals surface area contributed by atoms with Crippen molar-refractivity contribution in [1.82, 2.24) is 20.0 Å². The lowest BCUT2D eigenvalue weighted by Crippen LogP contribution is -2.53. The predicted molar refractivity (Wildman–Crippen MR) is 193 cm³/mol. The van der Waals surface area contributed by atoms with Crippen molar-refractivity contribution in [2.24, 2.45) is 40.4 Å². The molecule has 266 valence electrons. The van der Waals surface area contributed by atoms with Gasteiger partial charge in [0.05, 0.1) is 16.6 Å². The highest BCUT2D eigenvalue weighted by Crippen LogP contribution is 2.67. The van der Waals surface area contributed by atoms with Crippen LogP contribution in [-0.2, 0) is 11.2 Å². The van der Waals surface area contributed by atoms with Gasteiger partial charge in [-0.2, -0.15) is 5.10 Å². The van der Waals surface area contributed by atoms with E-state index in [4.69, 9.17) is 0 Å². The van der Waals surface area contributed by atoms with Crippen molar-refractivity contribution >= 4 is 22.5 Å². The first-order valence-corrected chi connectivity index (χ1v) is 19.4. The largest absolute Gasteiger partial charge is 0.336 e. The van der Waals surface area contributed by atoms with Crippen LogP contribution in [-0.4, -0.2) is 64.4 Å². The van der Waals surface area contributed by atoms with Crippen molar-refractivity contribution in [3.05, 3.63) is 75.5 Å². The molecular formula is C42H53FN4O3. The first-order valence-electron chi connectivity index (χ1n) is 19.4. The number of benzene rings is 2. The third-order valence-corrected chi connectivity index (χ3v) is 14.8. The summed E-state index contributed by atoms with van der Waals surface area (Å²) in [6, 6.07) is 12.0. The summed E-state index contributed by atoms with van der Waals surface area (Å²) in [4.78, 5) is 42.3. The molecule has 1 saturated heterocycles. The smallest absolute Gasteiger partial charge is 0.272 e. The van der Waals surface area contributed by atoms with Gasteiger partial charge in [0.15, 0.2) is 0 Å². The minimum absolute atomic E-state index is 0.0999. The molecule has 4 aliphatic carbocycles. The van der Waals surface area contributed by atoms with E-state index < -0.39 is 5.82 Å². The van der Waals surface area contributed by atoms with Crippen LogP contribution in [0.4, 0.5) is 4.39 Å². The Morgan fingerprint density at radius 3 is 2.52 bits per heavy atom. The molecule has 50 heavy (non-hydrogen) atoms. The number of hydrogen-bond donors (Lipinski definition) is 1. The maximum absolute atomic E-state index is 15.0. The number of carbonyl (C=O) groups is 2. The van der Waals surface area contributed by atoms with Crippen LogP contribution in [0.25, 0.3) is 10.8 Å². The molecule has 4 saturated carbocycles. The molecule has 3 aromatic rings. The summed E-state index contributed by atoms with van der Waals surface area (Å²) in [5, 5.41) is 8.15. The summed E-state index contributed by atoms with van der Waals surface area (Å²) in [7, 11) is 0. The summed E-state index contributed by atoms with van der Waals surface area (Å²) in [6.07, 6.45) is 13.7. The first-order chi connectivity index (χ1) is 24.1. The topological polar surface area (TPSA) is 86.4 Å². The second-order valence-corrected chi connectivity index (χ2v) is 17.0. The van der Waals surface area contributed by atoms with Gasteiger partial charge in [-0.05, 0) is 129 Å². The Morgan fingerprint density at radius 2 is 1.70 bits per heavy atom. The van der Waals surface area contributed by atoms with Crippen LogP contribution in [0.1, 0.15) is 106 Å². The van der Waals surface area contributed by atoms with E-state index >= 15 is 4.39 Å². The lowest BCUT2D eigenvalue weighted by Gasteiger charge is -2.60. The number of halogens is 1. The molecule has 7 nitrogen and oxygen atoms in total. The SMILES string of the molecule is C[C@]12CCC(=O)C[C@@H]1CC[C@@H]1[C@@H]2CC[C@]2(C)[C@H](CCCN3CCN(C(=O)c4cc(Cc5n[nH]c(=O)c6ccccc56)ccc4F)CC3)CC[C@@H]12. The number of nitrogens with one attached hydrogen (secondary N) is 1. The van der Waals surface area contributed by atoms with Gasteiger partial charge in [-0.3, -0.25) is 19.3 Å². The Balaban J connectivity index is 0.837. The number of fused-ring (bicyclic) bond motifs is 6.